The van der Waals surface area contributed by atoms with E-state index in [2.05, 4.69) is 11.2 Å². The minimum atomic E-state index is -1.30. The summed E-state index contributed by atoms with van der Waals surface area (Å²) in [5, 5.41) is 2.23. The normalized spacial score (nSPS) is 10.1. The van der Waals surface area contributed by atoms with Gasteiger partial charge in [0.1, 0.15) is 0 Å². The zero-order valence-electron chi connectivity index (χ0n) is 8.77. The summed E-state index contributed by atoms with van der Waals surface area (Å²) in [7, 11) is -1.30. The fourth-order valence-corrected chi connectivity index (χ4v) is 1.98. The van der Waals surface area contributed by atoms with Crippen LogP contribution >= 0.6 is 0 Å². The van der Waals surface area contributed by atoms with E-state index >= 15 is 0 Å². The van der Waals surface area contributed by atoms with Gasteiger partial charge in [0.15, 0.2) is 0 Å². The Labute approximate surface area is 113 Å². The van der Waals surface area contributed by atoms with Crippen LogP contribution in [0, 0.1) is 0 Å². The fraction of sp³-hybridized carbons (Fsp3) is 0. The monoisotopic (exact) mass is 231 g/mol. The smallest absolute Gasteiger partial charge is 1.00 e. The molecular weight excluding hydrogens is 223 g/mol. The molecule has 0 saturated heterocycles. The van der Waals surface area contributed by atoms with Gasteiger partial charge in [-0.25, -0.2) is 11.2 Å². The second-order valence-electron chi connectivity index (χ2n) is 2.74. The Morgan fingerprint density at radius 2 is 1.71 bits per heavy atom. The Bertz CT molecular complexity index is 518. The number of hydrogen-bond donors (Lipinski definition) is 0. The minimum absolute atomic E-state index is 0. The van der Waals surface area contributed by atoms with E-state index in [1.54, 1.807) is 0 Å². The van der Waals surface area contributed by atoms with Crippen LogP contribution in [0.5, 0.6) is 0 Å². The van der Waals surface area contributed by atoms with Gasteiger partial charge in [-0.15, -0.1) is 4.90 Å². The van der Waals surface area contributed by atoms with Crippen LogP contribution in [0.15, 0.2) is 47.4 Å². The molecule has 0 amide bonds. The molecule has 1 nitrogen and oxygen atoms in total. The summed E-state index contributed by atoms with van der Waals surface area (Å²) in [4.78, 5) is 0.703. The summed E-state index contributed by atoms with van der Waals surface area (Å²) in [5.41, 5.74) is 0. The van der Waals surface area contributed by atoms with Crippen molar-refractivity contribution in [2.75, 3.05) is 0 Å². The number of rotatable bonds is 1. The molecule has 14 heavy (non-hydrogen) atoms. The third-order valence-electron chi connectivity index (χ3n) is 1.91. The van der Waals surface area contributed by atoms with Gasteiger partial charge in [-0.1, -0.05) is 42.5 Å². The van der Waals surface area contributed by atoms with E-state index in [4.69, 9.17) is 0 Å². The van der Waals surface area contributed by atoms with Crippen molar-refractivity contribution in [1.29, 1.82) is 0 Å². The first-order valence-electron chi connectivity index (χ1n) is 3.85. The molecule has 0 fully saturated rings. The third-order valence-corrected chi connectivity index (χ3v) is 3.13. The van der Waals surface area contributed by atoms with E-state index < -0.39 is 9.36 Å². The van der Waals surface area contributed by atoms with E-state index in [0.29, 0.717) is 4.90 Å². The van der Waals surface area contributed by atoms with Crippen molar-refractivity contribution in [2.45, 2.75) is 4.90 Å². The van der Waals surface area contributed by atoms with Gasteiger partial charge in [0, 0.05) is 0 Å². The summed E-state index contributed by atoms with van der Waals surface area (Å²) in [6, 6.07) is 13.6. The average Bonchev–Trinajstić information content (AvgIpc) is 2.17. The van der Waals surface area contributed by atoms with Gasteiger partial charge in [0.25, 0.3) is 0 Å². The molecule has 4 heteroatoms. The molecular formula is C10H8NaOS2-. The van der Waals surface area contributed by atoms with E-state index in [1.165, 1.54) is 0 Å². The van der Waals surface area contributed by atoms with Gasteiger partial charge in [0.2, 0.25) is 0 Å². The quantitative estimate of drug-likeness (QED) is 0.497. The Morgan fingerprint density at radius 3 is 2.36 bits per heavy atom. The molecule has 2 aromatic carbocycles. The van der Waals surface area contributed by atoms with Crippen LogP contribution in [0.1, 0.15) is 1.43 Å². The molecule has 0 N–H and O–H groups in total. The number of fused-ring (bicyclic) bond motifs is 1. The molecule has 0 radical (unpaired) electrons. The van der Waals surface area contributed by atoms with Crippen LogP contribution in [0.2, 0.25) is 0 Å². The minimum Gasteiger partial charge on any atom is -1.00 e. The molecule has 0 saturated carbocycles. The fourth-order valence-electron chi connectivity index (χ4n) is 1.27. The summed E-state index contributed by atoms with van der Waals surface area (Å²) >= 11 is 4.68. The maximum atomic E-state index is 11.0. The van der Waals surface area contributed by atoms with Crippen LogP contribution in [0.25, 0.3) is 10.8 Å². The maximum Gasteiger partial charge on any atom is 1.00 e. The number of hydrogen-bond acceptors (Lipinski definition) is 3. The Balaban J connectivity index is 0.000000980. The molecule has 0 aliphatic heterocycles. The van der Waals surface area contributed by atoms with Gasteiger partial charge >= 0.3 is 29.6 Å². The molecule has 68 valence electrons. The average molecular weight is 231 g/mol. The molecule has 0 spiro atoms. The Kier molecular flexibility index (Phi) is 4.54. The Morgan fingerprint density at radius 1 is 1.07 bits per heavy atom. The predicted molar refractivity (Wildman–Crippen MR) is 58.7 cm³/mol. The third kappa shape index (κ3) is 2.55. The SMILES string of the molecule is O=[S-](=S)c1ccc2ccccc2c1.[H-].[Na+]. The van der Waals surface area contributed by atoms with Crippen LogP contribution in [0.3, 0.4) is 0 Å². The van der Waals surface area contributed by atoms with Crippen LogP contribution in [-0.2, 0) is 24.8 Å². The van der Waals surface area contributed by atoms with Crippen molar-refractivity contribution in [3.63, 3.8) is 0 Å². The second-order valence-corrected chi connectivity index (χ2v) is 4.59. The van der Waals surface area contributed by atoms with Gasteiger partial charge in [-0.05, 0) is 10.8 Å². The predicted octanol–water partition coefficient (Wildman–Crippen LogP) is -0.259. The Hall–Kier alpha value is 0.0700. The zero-order chi connectivity index (χ0) is 9.26. The summed E-state index contributed by atoms with van der Waals surface area (Å²) < 4.78 is 11.0. The maximum absolute atomic E-state index is 11.0. The molecule has 2 rings (SSSR count). The van der Waals surface area contributed by atoms with Gasteiger partial charge < -0.3 is 5.64 Å². The molecule has 0 aromatic heterocycles. The molecule has 0 atom stereocenters. The molecule has 0 heterocycles. The van der Waals surface area contributed by atoms with E-state index in [1.807, 2.05) is 42.5 Å². The topological polar surface area (TPSA) is 17.1 Å². The molecule has 0 unspecified atom stereocenters. The summed E-state index contributed by atoms with van der Waals surface area (Å²) in [6.07, 6.45) is 0. The second kappa shape index (κ2) is 5.24. The van der Waals surface area contributed by atoms with Crippen molar-refractivity contribution < 1.29 is 35.2 Å². The zero-order valence-corrected chi connectivity index (χ0v) is 11.4. The first-order valence-corrected chi connectivity index (χ1v) is 5.93. The molecule has 0 aliphatic rings. The van der Waals surface area contributed by atoms with Gasteiger partial charge in [-0.2, -0.15) is 9.36 Å². The van der Waals surface area contributed by atoms with Crippen LogP contribution < -0.4 is 29.6 Å². The number of benzene rings is 2. The largest absolute Gasteiger partial charge is 1.00 e. The molecule has 0 aliphatic carbocycles. The van der Waals surface area contributed by atoms with Crippen molar-refractivity contribution in [3.8, 4) is 0 Å². The van der Waals surface area contributed by atoms with Crippen molar-refractivity contribution in [2.24, 2.45) is 0 Å². The van der Waals surface area contributed by atoms with E-state index in [9.17, 15) is 4.21 Å². The molecule has 2 aromatic rings. The van der Waals surface area contributed by atoms with Gasteiger partial charge in [-0.3, -0.25) is 0 Å². The van der Waals surface area contributed by atoms with Gasteiger partial charge in [0.05, 0.1) is 0 Å². The standard InChI is InChI=1S/C10H7OS2.Na.H/c11-13(12)10-6-5-8-3-1-2-4-9(8)7-10;;/h1-7H;;/q-1;+1;-1. The van der Waals surface area contributed by atoms with Crippen molar-refractivity contribution in [1.82, 2.24) is 0 Å². The van der Waals surface area contributed by atoms with E-state index in [0.717, 1.165) is 10.8 Å². The first-order chi connectivity index (χ1) is 6.27. The van der Waals surface area contributed by atoms with E-state index in [-0.39, 0.29) is 31.0 Å². The summed E-state index contributed by atoms with van der Waals surface area (Å²) in [6.45, 7) is 0. The van der Waals surface area contributed by atoms with Crippen LogP contribution in [-0.4, -0.2) is 0 Å². The first kappa shape index (κ1) is 12.1. The van der Waals surface area contributed by atoms with Crippen LogP contribution in [0.4, 0.5) is 0 Å². The van der Waals surface area contributed by atoms with Crippen molar-refractivity contribution in [3.05, 3.63) is 42.5 Å². The van der Waals surface area contributed by atoms with Crippen molar-refractivity contribution >= 4 is 31.3 Å². The molecule has 0 bridgehead atoms. The summed E-state index contributed by atoms with van der Waals surface area (Å²) in [5.74, 6) is 0.